The van der Waals surface area contributed by atoms with E-state index in [1.807, 2.05) is 12.1 Å². The van der Waals surface area contributed by atoms with Crippen LogP contribution in [-0.2, 0) is 16.0 Å². The normalized spacial score (nSPS) is 29.3. The van der Waals surface area contributed by atoms with Crippen LogP contribution in [0.25, 0.3) is 0 Å². The van der Waals surface area contributed by atoms with Gasteiger partial charge < -0.3 is 14.2 Å². The summed E-state index contributed by atoms with van der Waals surface area (Å²) in [5.74, 6) is 0.909. The van der Waals surface area contributed by atoms with Gasteiger partial charge in [-0.25, -0.2) is 0 Å². The summed E-state index contributed by atoms with van der Waals surface area (Å²) >= 11 is 0. The van der Waals surface area contributed by atoms with Gasteiger partial charge in [0, 0.05) is 32.3 Å². The minimum absolute atomic E-state index is 0.221. The van der Waals surface area contributed by atoms with Crippen LogP contribution in [-0.4, -0.2) is 50.0 Å². The monoisotopic (exact) mass is 291 g/mol. The fraction of sp³-hybridized carbons (Fsp3) is 0.647. The van der Waals surface area contributed by atoms with Gasteiger partial charge in [0.1, 0.15) is 11.9 Å². The molecular weight excluding hydrogens is 266 g/mol. The first-order chi connectivity index (χ1) is 10.3. The van der Waals surface area contributed by atoms with Gasteiger partial charge in [-0.1, -0.05) is 12.1 Å². The maximum Gasteiger partial charge on any atom is 0.118 e. The first kappa shape index (κ1) is 14.8. The maximum absolute atomic E-state index is 5.98. The second kappa shape index (κ2) is 6.77. The Hall–Kier alpha value is -1.10. The Morgan fingerprint density at radius 2 is 2.10 bits per heavy atom. The lowest BCUT2D eigenvalue weighted by Gasteiger charge is -2.32. The highest BCUT2D eigenvalue weighted by Crippen LogP contribution is 2.31. The summed E-state index contributed by atoms with van der Waals surface area (Å²) in [7, 11) is 1.70. The number of fused-ring (bicyclic) bond motifs is 1. The Bertz CT molecular complexity index is 448. The molecule has 0 aromatic heterocycles. The standard InChI is InChI=1S/C17H25NO3/c1-3-20-16-12-18(15-5-4-10-21-17(15)16)11-13-6-8-14(19-2)9-7-13/h6-9,15-17H,3-5,10-12H2,1-2H3/t15-,16+,17+/m1/s1. The van der Waals surface area contributed by atoms with E-state index in [0.29, 0.717) is 6.04 Å². The highest BCUT2D eigenvalue weighted by molar-refractivity contribution is 5.27. The molecule has 0 bridgehead atoms. The van der Waals surface area contributed by atoms with Crippen molar-refractivity contribution in [1.29, 1.82) is 0 Å². The molecule has 2 aliphatic rings. The fourth-order valence-corrected chi connectivity index (χ4v) is 3.51. The zero-order valence-electron chi connectivity index (χ0n) is 13.0. The van der Waals surface area contributed by atoms with Gasteiger partial charge in [0.05, 0.1) is 13.2 Å². The van der Waals surface area contributed by atoms with Crippen molar-refractivity contribution in [1.82, 2.24) is 4.90 Å². The van der Waals surface area contributed by atoms with Gasteiger partial charge in [0.2, 0.25) is 0 Å². The van der Waals surface area contributed by atoms with Crippen LogP contribution in [0.3, 0.4) is 0 Å². The van der Waals surface area contributed by atoms with Crippen molar-refractivity contribution >= 4 is 0 Å². The van der Waals surface area contributed by atoms with E-state index in [1.165, 1.54) is 12.0 Å². The number of methoxy groups -OCH3 is 1. The van der Waals surface area contributed by atoms with Crippen LogP contribution >= 0.6 is 0 Å². The number of benzene rings is 1. The van der Waals surface area contributed by atoms with E-state index in [0.717, 1.165) is 38.5 Å². The lowest BCUT2D eigenvalue weighted by Crippen LogP contribution is -2.41. The molecule has 2 fully saturated rings. The van der Waals surface area contributed by atoms with Gasteiger partial charge in [0.15, 0.2) is 0 Å². The van der Waals surface area contributed by atoms with Crippen molar-refractivity contribution in [2.24, 2.45) is 0 Å². The molecule has 1 aromatic rings. The molecule has 2 heterocycles. The van der Waals surface area contributed by atoms with Crippen LogP contribution in [0.5, 0.6) is 5.75 Å². The summed E-state index contributed by atoms with van der Waals surface area (Å²) in [6.45, 7) is 5.62. The predicted octanol–water partition coefficient (Wildman–Crippen LogP) is 2.46. The minimum atomic E-state index is 0.221. The van der Waals surface area contributed by atoms with Crippen molar-refractivity contribution in [2.45, 2.75) is 44.6 Å². The molecule has 1 aromatic carbocycles. The van der Waals surface area contributed by atoms with Crippen molar-refractivity contribution < 1.29 is 14.2 Å². The second-order valence-corrected chi connectivity index (χ2v) is 5.82. The van der Waals surface area contributed by atoms with Crippen LogP contribution in [0.4, 0.5) is 0 Å². The molecule has 21 heavy (non-hydrogen) atoms. The SMILES string of the molecule is CCO[C@H]1CN(Cc2ccc(OC)cc2)[C@@H]2CCCO[C@H]12. The molecule has 4 nitrogen and oxygen atoms in total. The molecule has 0 spiro atoms. The van der Waals surface area contributed by atoms with E-state index in [9.17, 15) is 0 Å². The summed E-state index contributed by atoms with van der Waals surface area (Å²) in [4.78, 5) is 2.52. The molecule has 0 amide bonds. The van der Waals surface area contributed by atoms with Crippen LogP contribution < -0.4 is 4.74 Å². The Balaban J connectivity index is 1.68. The summed E-state index contributed by atoms with van der Waals surface area (Å²) < 4.78 is 17.1. The molecule has 116 valence electrons. The largest absolute Gasteiger partial charge is 0.497 e. The topological polar surface area (TPSA) is 30.9 Å². The number of hydrogen-bond acceptors (Lipinski definition) is 4. The van der Waals surface area contributed by atoms with Gasteiger partial charge in [0.25, 0.3) is 0 Å². The maximum atomic E-state index is 5.98. The van der Waals surface area contributed by atoms with Gasteiger partial charge in [-0.2, -0.15) is 0 Å². The summed E-state index contributed by atoms with van der Waals surface area (Å²) in [5, 5.41) is 0. The van der Waals surface area contributed by atoms with Crippen LogP contribution in [0.15, 0.2) is 24.3 Å². The third kappa shape index (κ3) is 3.23. The zero-order valence-corrected chi connectivity index (χ0v) is 13.0. The van der Waals surface area contributed by atoms with Crippen molar-refractivity contribution in [2.75, 3.05) is 26.9 Å². The Labute approximate surface area is 127 Å². The summed E-state index contributed by atoms with van der Waals surface area (Å²) in [5.41, 5.74) is 1.32. The third-order valence-electron chi connectivity index (χ3n) is 4.51. The Kier molecular flexibility index (Phi) is 4.78. The first-order valence-electron chi connectivity index (χ1n) is 7.92. The van der Waals surface area contributed by atoms with Crippen LogP contribution in [0, 0.1) is 0 Å². The van der Waals surface area contributed by atoms with Crippen LogP contribution in [0.1, 0.15) is 25.3 Å². The summed E-state index contributed by atoms with van der Waals surface area (Å²) in [6, 6.07) is 8.84. The quantitative estimate of drug-likeness (QED) is 0.834. The first-order valence-corrected chi connectivity index (χ1v) is 7.92. The van der Waals surface area contributed by atoms with Gasteiger partial charge >= 0.3 is 0 Å². The number of hydrogen-bond donors (Lipinski definition) is 0. The molecule has 2 saturated heterocycles. The highest BCUT2D eigenvalue weighted by atomic mass is 16.5. The van der Waals surface area contributed by atoms with E-state index in [2.05, 4.69) is 24.0 Å². The summed E-state index contributed by atoms with van der Waals surface area (Å²) in [6.07, 6.45) is 2.83. The number of rotatable bonds is 5. The van der Waals surface area contributed by atoms with Gasteiger partial charge in [-0.15, -0.1) is 0 Å². The van der Waals surface area contributed by atoms with Gasteiger partial charge in [-0.3, -0.25) is 4.90 Å². The Morgan fingerprint density at radius 1 is 1.29 bits per heavy atom. The van der Waals surface area contributed by atoms with Crippen LogP contribution in [0.2, 0.25) is 0 Å². The van der Waals surface area contributed by atoms with E-state index < -0.39 is 0 Å². The van der Waals surface area contributed by atoms with E-state index in [1.54, 1.807) is 7.11 Å². The number of likely N-dealkylation sites (tertiary alicyclic amines) is 1. The molecule has 0 radical (unpaired) electrons. The molecule has 0 aliphatic carbocycles. The number of ether oxygens (including phenoxy) is 3. The average Bonchev–Trinajstić information content (AvgIpc) is 2.87. The lowest BCUT2D eigenvalue weighted by molar-refractivity contribution is -0.0749. The smallest absolute Gasteiger partial charge is 0.118 e. The molecule has 4 heteroatoms. The predicted molar refractivity (Wildman–Crippen MR) is 81.6 cm³/mol. The minimum Gasteiger partial charge on any atom is -0.497 e. The molecule has 3 rings (SSSR count). The molecule has 3 atom stereocenters. The van der Waals surface area contributed by atoms with E-state index >= 15 is 0 Å². The molecular formula is C17H25NO3. The van der Waals surface area contributed by atoms with Crippen molar-refractivity contribution in [3.05, 3.63) is 29.8 Å². The third-order valence-corrected chi connectivity index (χ3v) is 4.51. The molecule has 0 N–H and O–H groups in total. The zero-order chi connectivity index (χ0) is 14.7. The van der Waals surface area contributed by atoms with Gasteiger partial charge in [-0.05, 0) is 37.5 Å². The second-order valence-electron chi connectivity index (χ2n) is 5.82. The number of nitrogens with zero attached hydrogens (tertiary/aromatic N) is 1. The van der Waals surface area contributed by atoms with E-state index in [-0.39, 0.29) is 12.2 Å². The lowest BCUT2D eigenvalue weighted by atomic mass is 10.0. The fourth-order valence-electron chi connectivity index (χ4n) is 3.51. The Morgan fingerprint density at radius 3 is 2.81 bits per heavy atom. The van der Waals surface area contributed by atoms with Crippen molar-refractivity contribution in [3.63, 3.8) is 0 Å². The van der Waals surface area contributed by atoms with E-state index in [4.69, 9.17) is 14.2 Å². The highest BCUT2D eigenvalue weighted by Gasteiger charge is 2.44. The van der Waals surface area contributed by atoms with Crippen molar-refractivity contribution in [3.8, 4) is 5.75 Å². The molecule has 2 aliphatic heterocycles. The molecule has 0 saturated carbocycles. The molecule has 0 unspecified atom stereocenters. The average molecular weight is 291 g/mol.